The predicted molar refractivity (Wildman–Crippen MR) is 231 cm³/mol. The second-order valence-electron chi connectivity index (χ2n) is 14.9. The summed E-state index contributed by atoms with van der Waals surface area (Å²) in [6.45, 7) is 0.970. The van der Waals surface area contributed by atoms with Crippen LogP contribution in [0.15, 0.2) is 207 Å². The lowest BCUT2D eigenvalue weighted by molar-refractivity contribution is 0.124. The normalized spacial score (nSPS) is 12.9. The fraction of sp³-hybridized carbons (Fsp3) is 0.0755. The van der Waals surface area contributed by atoms with Crippen LogP contribution in [0.3, 0.4) is 0 Å². The minimum atomic E-state index is -1.51. The standard InChI is InChI=1S/C53H40N2O2/c56-52(39-19-5-1-6-20-39,40-21-7-2-8-22-40)48-33-37-17-13-15-27-44(37)50-46(48)35-55(43-29-31-54-32-30-43)36-47-49(34-38-18-14-16-28-45(38)51(47)50)53(57,41-23-9-3-10-24-41)42-25-11-4-12-26-42/h1-34,56-57H,35-36H2. The van der Waals surface area contributed by atoms with E-state index in [0.717, 1.165) is 82.9 Å². The summed E-state index contributed by atoms with van der Waals surface area (Å²) in [4.78, 5) is 6.77. The smallest absolute Gasteiger partial charge is 0.140 e. The molecule has 0 fully saturated rings. The minimum Gasteiger partial charge on any atom is -0.376 e. The highest BCUT2D eigenvalue weighted by Gasteiger charge is 2.42. The summed E-state index contributed by atoms with van der Waals surface area (Å²) in [6.07, 6.45) is 3.67. The van der Waals surface area contributed by atoms with E-state index in [1.165, 1.54) is 0 Å². The molecule has 2 heterocycles. The van der Waals surface area contributed by atoms with Crippen molar-refractivity contribution in [2.24, 2.45) is 0 Å². The number of aromatic nitrogens is 1. The van der Waals surface area contributed by atoms with Gasteiger partial charge in [-0.1, -0.05) is 170 Å². The van der Waals surface area contributed by atoms with Crippen molar-refractivity contribution in [3.63, 3.8) is 0 Å². The summed E-state index contributed by atoms with van der Waals surface area (Å²) in [5, 5.41) is 31.5. The first-order valence-corrected chi connectivity index (χ1v) is 19.5. The SMILES string of the molecule is OC(c1ccccc1)(c1ccccc1)c1cc2ccccc2c2c1CN(c1ccncc1)Cc1c(C(O)(c3ccccc3)c3ccccc3)cc3ccccc3c1-2. The van der Waals surface area contributed by atoms with Crippen molar-refractivity contribution in [2.45, 2.75) is 24.3 Å². The molecule has 0 amide bonds. The van der Waals surface area contributed by atoms with Crippen molar-refractivity contribution in [1.82, 2.24) is 4.98 Å². The van der Waals surface area contributed by atoms with Crippen molar-refractivity contribution >= 4 is 27.2 Å². The molecule has 8 aromatic carbocycles. The second-order valence-corrected chi connectivity index (χ2v) is 14.9. The Labute approximate surface area is 332 Å². The van der Waals surface area contributed by atoms with E-state index in [4.69, 9.17) is 0 Å². The quantitative estimate of drug-likeness (QED) is 0.160. The third-order valence-corrected chi connectivity index (χ3v) is 11.8. The highest BCUT2D eigenvalue weighted by molar-refractivity contribution is 6.09. The van der Waals surface area contributed by atoms with E-state index in [1.54, 1.807) is 0 Å². The van der Waals surface area contributed by atoms with Crippen molar-refractivity contribution < 1.29 is 10.2 Å². The van der Waals surface area contributed by atoms with E-state index in [-0.39, 0.29) is 0 Å². The molecule has 0 saturated carbocycles. The molecular weight excluding hydrogens is 697 g/mol. The van der Waals surface area contributed by atoms with E-state index in [0.29, 0.717) is 13.1 Å². The van der Waals surface area contributed by atoms with Gasteiger partial charge in [0, 0.05) is 31.2 Å². The lowest BCUT2D eigenvalue weighted by atomic mass is 9.73. The molecule has 4 heteroatoms. The molecule has 2 N–H and O–H groups in total. The summed E-state index contributed by atoms with van der Waals surface area (Å²) in [5.41, 5.74) is 6.91. The Morgan fingerprint density at radius 2 is 0.737 bits per heavy atom. The van der Waals surface area contributed by atoms with Gasteiger partial charge < -0.3 is 15.1 Å². The van der Waals surface area contributed by atoms with Crippen molar-refractivity contribution in [3.05, 3.63) is 251 Å². The van der Waals surface area contributed by atoms with Crippen LogP contribution in [0.2, 0.25) is 0 Å². The summed E-state index contributed by atoms with van der Waals surface area (Å²) >= 11 is 0. The fourth-order valence-corrected chi connectivity index (χ4v) is 9.17. The molecule has 10 rings (SSSR count). The minimum absolute atomic E-state index is 0.485. The molecule has 0 spiro atoms. The third kappa shape index (κ3) is 5.64. The Kier molecular flexibility index (Phi) is 8.52. The number of nitrogens with zero attached hydrogens (tertiary/aromatic N) is 2. The van der Waals surface area contributed by atoms with E-state index in [2.05, 4.69) is 70.5 Å². The molecule has 274 valence electrons. The van der Waals surface area contributed by atoms with Crippen LogP contribution >= 0.6 is 0 Å². The van der Waals surface area contributed by atoms with Crippen LogP contribution in [-0.2, 0) is 24.3 Å². The number of hydrogen-bond donors (Lipinski definition) is 2. The number of anilines is 1. The monoisotopic (exact) mass is 736 g/mol. The molecule has 0 aliphatic carbocycles. The molecule has 0 atom stereocenters. The molecule has 0 saturated heterocycles. The maximum Gasteiger partial charge on any atom is 0.140 e. The number of rotatable bonds is 7. The van der Waals surface area contributed by atoms with Crippen LogP contribution in [0.1, 0.15) is 44.5 Å². The van der Waals surface area contributed by atoms with Crippen LogP contribution in [0, 0.1) is 0 Å². The van der Waals surface area contributed by atoms with Gasteiger partial charge in [0.25, 0.3) is 0 Å². The molecule has 4 nitrogen and oxygen atoms in total. The molecule has 0 radical (unpaired) electrons. The zero-order valence-corrected chi connectivity index (χ0v) is 31.3. The molecule has 0 unspecified atom stereocenters. The van der Waals surface area contributed by atoms with Crippen LogP contribution in [-0.4, -0.2) is 15.2 Å². The van der Waals surface area contributed by atoms with Gasteiger partial charge in [0.1, 0.15) is 11.2 Å². The van der Waals surface area contributed by atoms with Gasteiger partial charge in [0.2, 0.25) is 0 Å². The number of aliphatic hydroxyl groups is 2. The maximum atomic E-state index is 13.7. The summed E-state index contributed by atoms with van der Waals surface area (Å²) < 4.78 is 0. The zero-order chi connectivity index (χ0) is 38.4. The van der Waals surface area contributed by atoms with Gasteiger partial charge in [0.15, 0.2) is 0 Å². The fourth-order valence-electron chi connectivity index (χ4n) is 9.17. The van der Waals surface area contributed by atoms with E-state index >= 15 is 0 Å². The van der Waals surface area contributed by atoms with Crippen LogP contribution in [0.4, 0.5) is 5.69 Å². The number of pyridine rings is 1. The van der Waals surface area contributed by atoms with E-state index in [9.17, 15) is 10.2 Å². The number of benzene rings is 8. The van der Waals surface area contributed by atoms with Gasteiger partial charge in [-0.25, -0.2) is 0 Å². The van der Waals surface area contributed by atoms with Crippen molar-refractivity contribution in [3.8, 4) is 11.1 Å². The number of fused-ring (bicyclic) bond motifs is 7. The zero-order valence-electron chi connectivity index (χ0n) is 31.3. The Morgan fingerprint density at radius 3 is 1.11 bits per heavy atom. The Bertz CT molecular complexity index is 2600. The van der Waals surface area contributed by atoms with Crippen molar-refractivity contribution in [2.75, 3.05) is 4.90 Å². The molecule has 1 aromatic heterocycles. The Balaban J connectivity index is 1.41. The Morgan fingerprint density at radius 1 is 0.404 bits per heavy atom. The largest absolute Gasteiger partial charge is 0.376 e. The lowest BCUT2D eigenvalue weighted by Crippen LogP contribution is -2.33. The second kappa shape index (κ2) is 14.0. The van der Waals surface area contributed by atoms with Crippen LogP contribution in [0.5, 0.6) is 0 Å². The van der Waals surface area contributed by atoms with E-state index < -0.39 is 11.2 Å². The van der Waals surface area contributed by atoms with Gasteiger partial charge in [-0.15, -0.1) is 0 Å². The average molecular weight is 737 g/mol. The first-order chi connectivity index (χ1) is 28.0. The lowest BCUT2D eigenvalue weighted by Gasteiger charge is -2.34. The number of hydrogen-bond acceptors (Lipinski definition) is 4. The first kappa shape index (κ1) is 34.6. The van der Waals surface area contributed by atoms with Gasteiger partial charge in [-0.2, -0.15) is 0 Å². The maximum absolute atomic E-state index is 13.7. The van der Waals surface area contributed by atoms with Gasteiger partial charge in [-0.05, 0) is 101 Å². The van der Waals surface area contributed by atoms with Gasteiger partial charge in [-0.3, -0.25) is 4.98 Å². The predicted octanol–water partition coefficient (Wildman–Crippen LogP) is 11.1. The molecule has 57 heavy (non-hydrogen) atoms. The summed E-state index contributed by atoms with van der Waals surface area (Å²) in [5.74, 6) is 0. The molecule has 0 bridgehead atoms. The van der Waals surface area contributed by atoms with Gasteiger partial charge in [0.05, 0.1) is 0 Å². The Hall–Kier alpha value is -6.85. The highest BCUT2D eigenvalue weighted by Crippen LogP contribution is 2.52. The first-order valence-electron chi connectivity index (χ1n) is 19.5. The topological polar surface area (TPSA) is 56.6 Å². The molecular formula is C53H40N2O2. The molecule has 9 aromatic rings. The third-order valence-electron chi connectivity index (χ3n) is 11.8. The van der Waals surface area contributed by atoms with Crippen LogP contribution < -0.4 is 4.90 Å². The average Bonchev–Trinajstić information content (AvgIpc) is 3.48. The summed E-state index contributed by atoms with van der Waals surface area (Å²) in [7, 11) is 0. The molecule has 1 aliphatic rings. The van der Waals surface area contributed by atoms with E-state index in [1.807, 2.05) is 146 Å². The van der Waals surface area contributed by atoms with Crippen LogP contribution in [0.25, 0.3) is 32.7 Å². The van der Waals surface area contributed by atoms with Crippen molar-refractivity contribution in [1.29, 1.82) is 0 Å². The highest BCUT2D eigenvalue weighted by atomic mass is 16.3. The summed E-state index contributed by atoms with van der Waals surface area (Å²) in [6, 6.07) is 65.6. The van der Waals surface area contributed by atoms with Gasteiger partial charge >= 0.3 is 0 Å². The molecule has 1 aliphatic heterocycles.